The van der Waals surface area contributed by atoms with E-state index in [1.165, 1.54) is 24.1 Å². The Kier molecular flexibility index (Phi) is 5.89. The number of alkyl carbamates (subject to hydrolysis) is 1. The van der Waals surface area contributed by atoms with Crippen molar-refractivity contribution >= 4 is 23.7 Å². The van der Waals surface area contributed by atoms with Gasteiger partial charge in [0.15, 0.2) is 0 Å². The molecule has 32 heavy (non-hydrogen) atoms. The number of carbonyl (C=O) groups is 3. The van der Waals surface area contributed by atoms with E-state index in [1.807, 2.05) is 36.4 Å². The molecule has 0 aliphatic heterocycles. The van der Waals surface area contributed by atoms with Crippen molar-refractivity contribution in [2.45, 2.75) is 5.92 Å². The molecular formula is C25H22N2O5. The van der Waals surface area contributed by atoms with E-state index in [0.717, 1.165) is 22.3 Å². The van der Waals surface area contributed by atoms with Crippen LogP contribution in [0.5, 0.6) is 0 Å². The largest absolute Gasteiger partial charge is 0.478 e. The van der Waals surface area contributed by atoms with Gasteiger partial charge in [-0.3, -0.25) is 4.79 Å². The van der Waals surface area contributed by atoms with Gasteiger partial charge >= 0.3 is 12.1 Å². The molecule has 0 heterocycles. The van der Waals surface area contributed by atoms with Gasteiger partial charge < -0.3 is 20.1 Å². The quantitative estimate of drug-likeness (QED) is 0.619. The van der Waals surface area contributed by atoms with Crippen LogP contribution in [0.3, 0.4) is 0 Å². The van der Waals surface area contributed by atoms with E-state index in [9.17, 15) is 19.5 Å². The summed E-state index contributed by atoms with van der Waals surface area (Å²) in [5, 5.41) is 11.8. The number of para-hydroxylation sites is 1. The lowest BCUT2D eigenvalue weighted by Gasteiger charge is -2.20. The third kappa shape index (κ3) is 4.05. The molecule has 162 valence electrons. The number of nitrogens with zero attached hydrogens (tertiary/aromatic N) is 1. The van der Waals surface area contributed by atoms with Crippen LogP contribution in [0.1, 0.15) is 27.4 Å². The van der Waals surface area contributed by atoms with Crippen molar-refractivity contribution < 1.29 is 24.2 Å². The van der Waals surface area contributed by atoms with Gasteiger partial charge in [-0.1, -0.05) is 60.7 Å². The molecule has 7 heteroatoms. The second kappa shape index (κ2) is 8.93. The van der Waals surface area contributed by atoms with Gasteiger partial charge in [0.05, 0.1) is 11.3 Å². The van der Waals surface area contributed by atoms with E-state index < -0.39 is 18.0 Å². The van der Waals surface area contributed by atoms with Crippen LogP contribution in [0.2, 0.25) is 0 Å². The molecule has 0 aromatic heterocycles. The van der Waals surface area contributed by atoms with Gasteiger partial charge in [0.25, 0.3) is 0 Å². The van der Waals surface area contributed by atoms with Crippen LogP contribution in [0.25, 0.3) is 11.1 Å². The molecule has 1 aliphatic carbocycles. The summed E-state index contributed by atoms with van der Waals surface area (Å²) < 4.78 is 5.42. The smallest absolute Gasteiger partial charge is 0.407 e. The van der Waals surface area contributed by atoms with Gasteiger partial charge in [-0.15, -0.1) is 0 Å². The predicted molar refractivity (Wildman–Crippen MR) is 120 cm³/mol. The number of nitrogens with one attached hydrogen (secondary N) is 1. The number of carbonyl (C=O) groups excluding carboxylic acids is 2. The number of hydrogen-bond acceptors (Lipinski definition) is 4. The van der Waals surface area contributed by atoms with Crippen molar-refractivity contribution in [2.75, 3.05) is 25.1 Å². The van der Waals surface area contributed by atoms with Crippen molar-refractivity contribution in [3.8, 4) is 11.1 Å². The lowest BCUT2D eigenvalue weighted by atomic mass is 9.98. The van der Waals surface area contributed by atoms with Crippen LogP contribution in [0.15, 0.2) is 72.8 Å². The average Bonchev–Trinajstić information content (AvgIpc) is 3.14. The van der Waals surface area contributed by atoms with Crippen LogP contribution in [0, 0.1) is 0 Å². The van der Waals surface area contributed by atoms with E-state index >= 15 is 0 Å². The number of rotatable bonds is 6. The standard InChI is InChI=1S/C25H22N2O5/c1-27(22-13-7-6-12-20(22)24(29)30)23(28)14-26-25(31)32-15-21-18-10-4-2-8-16(18)17-9-3-5-11-19(17)21/h2-13,21H,14-15H2,1H3,(H,26,31)(H,29,30). The zero-order valence-corrected chi connectivity index (χ0v) is 17.4. The van der Waals surface area contributed by atoms with Crippen LogP contribution >= 0.6 is 0 Å². The summed E-state index contributed by atoms with van der Waals surface area (Å²) in [6.07, 6.45) is -0.708. The van der Waals surface area contributed by atoms with Crippen molar-refractivity contribution in [1.82, 2.24) is 5.32 Å². The lowest BCUT2D eigenvalue weighted by Crippen LogP contribution is -2.39. The van der Waals surface area contributed by atoms with Gasteiger partial charge in [-0.05, 0) is 34.4 Å². The third-order valence-electron chi connectivity index (χ3n) is 5.60. The molecule has 0 spiro atoms. The van der Waals surface area contributed by atoms with E-state index in [1.54, 1.807) is 12.1 Å². The summed E-state index contributed by atoms with van der Waals surface area (Å²) >= 11 is 0. The second-order valence-corrected chi connectivity index (χ2v) is 7.45. The highest BCUT2D eigenvalue weighted by atomic mass is 16.5. The fraction of sp³-hybridized carbons (Fsp3) is 0.160. The molecule has 2 N–H and O–H groups in total. The number of anilines is 1. The van der Waals surface area contributed by atoms with Crippen LogP contribution in [-0.4, -0.2) is 43.3 Å². The number of carboxylic acid groups (broad SMARTS) is 1. The number of likely N-dealkylation sites (N-methyl/N-ethyl adjacent to an activating group) is 1. The number of carboxylic acids is 1. The number of aromatic carboxylic acids is 1. The maximum Gasteiger partial charge on any atom is 0.407 e. The Labute approximate surface area is 185 Å². The highest BCUT2D eigenvalue weighted by Crippen LogP contribution is 2.44. The Morgan fingerprint density at radius 1 is 0.906 bits per heavy atom. The number of amides is 2. The lowest BCUT2D eigenvalue weighted by molar-refractivity contribution is -0.117. The minimum atomic E-state index is -1.13. The Bertz CT molecular complexity index is 1140. The normalized spacial score (nSPS) is 11.9. The van der Waals surface area contributed by atoms with E-state index in [2.05, 4.69) is 17.4 Å². The summed E-state index contributed by atoms with van der Waals surface area (Å²) in [5.41, 5.74) is 4.71. The highest BCUT2D eigenvalue weighted by Gasteiger charge is 2.29. The highest BCUT2D eigenvalue weighted by molar-refractivity contribution is 6.02. The van der Waals surface area contributed by atoms with Crippen LogP contribution in [-0.2, 0) is 9.53 Å². The molecule has 0 unspecified atom stereocenters. The van der Waals surface area contributed by atoms with Crippen molar-refractivity contribution in [3.63, 3.8) is 0 Å². The molecule has 0 saturated heterocycles. The first-order chi connectivity index (χ1) is 15.5. The Hall–Kier alpha value is -4.13. The maximum atomic E-state index is 12.5. The first kappa shape index (κ1) is 21.1. The monoisotopic (exact) mass is 430 g/mol. The number of benzene rings is 3. The van der Waals surface area contributed by atoms with Crippen LogP contribution < -0.4 is 10.2 Å². The summed E-state index contributed by atoms with van der Waals surface area (Å²) in [4.78, 5) is 37.3. The molecule has 0 radical (unpaired) electrons. The third-order valence-corrected chi connectivity index (χ3v) is 5.60. The topological polar surface area (TPSA) is 95.9 Å². The van der Waals surface area contributed by atoms with E-state index in [0.29, 0.717) is 0 Å². The fourth-order valence-electron chi connectivity index (χ4n) is 4.00. The first-order valence-electron chi connectivity index (χ1n) is 10.1. The van der Waals surface area contributed by atoms with Gasteiger partial charge in [-0.2, -0.15) is 0 Å². The number of fused-ring (bicyclic) bond motifs is 3. The molecule has 0 bridgehead atoms. The molecule has 0 atom stereocenters. The molecule has 3 aromatic rings. The predicted octanol–water partition coefficient (Wildman–Crippen LogP) is 3.89. The van der Waals surface area contributed by atoms with Crippen molar-refractivity contribution in [1.29, 1.82) is 0 Å². The molecule has 3 aromatic carbocycles. The molecular weight excluding hydrogens is 408 g/mol. The first-order valence-corrected chi connectivity index (χ1v) is 10.1. The van der Waals surface area contributed by atoms with Crippen LogP contribution in [0.4, 0.5) is 10.5 Å². The average molecular weight is 430 g/mol. The van der Waals surface area contributed by atoms with Gasteiger partial charge in [-0.25, -0.2) is 9.59 Å². The van der Waals surface area contributed by atoms with Gasteiger partial charge in [0.1, 0.15) is 13.2 Å². The summed E-state index contributed by atoms with van der Waals surface area (Å²) in [6, 6.07) is 22.2. The van der Waals surface area contributed by atoms with Crippen molar-refractivity contribution in [2.24, 2.45) is 0 Å². The minimum absolute atomic E-state index is 0.00416. The second-order valence-electron chi connectivity index (χ2n) is 7.45. The summed E-state index contributed by atoms with van der Waals surface area (Å²) in [7, 11) is 1.46. The molecule has 2 amide bonds. The molecule has 7 nitrogen and oxygen atoms in total. The SMILES string of the molecule is CN(C(=O)CNC(=O)OCC1c2ccccc2-c2ccccc21)c1ccccc1C(=O)O. The molecule has 0 saturated carbocycles. The maximum absolute atomic E-state index is 12.5. The fourth-order valence-corrected chi connectivity index (χ4v) is 4.00. The van der Waals surface area contributed by atoms with E-state index in [4.69, 9.17) is 4.74 Å². The molecule has 0 fully saturated rings. The Morgan fingerprint density at radius 2 is 1.47 bits per heavy atom. The minimum Gasteiger partial charge on any atom is -0.478 e. The number of hydrogen-bond donors (Lipinski definition) is 2. The molecule has 1 aliphatic rings. The number of ether oxygens (including phenoxy) is 1. The Morgan fingerprint density at radius 3 is 2.09 bits per heavy atom. The zero-order chi connectivity index (χ0) is 22.7. The van der Waals surface area contributed by atoms with Gasteiger partial charge in [0.2, 0.25) is 5.91 Å². The van der Waals surface area contributed by atoms with E-state index in [-0.39, 0.29) is 30.3 Å². The molecule has 4 rings (SSSR count). The zero-order valence-electron chi connectivity index (χ0n) is 17.4. The van der Waals surface area contributed by atoms with Gasteiger partial charge in [0, 0.05) is 13.0 Å². The van der Waals surface area contributed by atoms with Crippen molar-refractivity contribution in [3.05, 3.63) is 89.5 Å². The summed E-state index contributed by atoms with van der Waals surface area (Å²) in [6.45, 7) is -0.174. The summed E-state index contributed by atoms with van der Waals surface area (Å²) in [5.74, 6) is -1.68. The Balaban J connectivity index is 1.36.